The van der Waals surface area contributed by atoms with Crippen LogP contribution in [0.4, 0.5) is 11.5 Å². The maximum absolute atomic E-state index is 12.7. The van der Waals surface area contributed by atoms with Crippen molar-refractivity contribution in [2.75, 3.05) is 36.4 Å². The van der Waals surface area contributed by atoms with Crippen molar-refractivity contribution >= 4 is 39.2 Å². The molecule has 2 aromatic heterocycles. The van der Waals surface area contributed by atoms with Gasteiger partial charge in [-0.15, -0.1) is 0 Å². The highest BCUT2D eigenvalue weighted by Gasteiger charge is 2.23. The Morgan fingerprint density at radius 1 is 1.09 bits per heavy atom. The lowest BCUT2D eigenvalue weighted by atomic mass is 10.1. The van der Waals surface area contributed by atoms with Crippen molar-refractivity contribution in [3.8, 4) is 6.07 Å². The van der Waals surface area contributed by atoms with Crippen LogP contribution >= 0.6 is 15.9 Å². The Morgan fingerprint density at radius 2 is 1.84 bits per heavy atom. The van der Waals surface area contributed by atoms with Crippen molar-refractivity contribution < 1.29 is 14.0 Å². The number of piperazine rings is 1. The number of nitrogens with zero attached hydrogens (tertiary/aromatic N) is 4. The Hall–Kier alpha value is -3.64. The summed E-state index contributed by atoms with van der Waals surface area (Å²) < 4.78 is 5.73. The highest BCUT2D eigenvalue weighted by Crippen LogP contribution is 2.19. The Bertz CT molecular complexity index is 1160. The highest BCUT2D eigenvalue weighted by molar-refractivity contribution is 9.10. The van der Waals surface area contributed by atoms with Crippen LogP contribution in [0.2, 0.25) is 0 Å². The molecule has 1 fully saturated rings. The van der Waals surface area contributed by atoms with E-state index in [2.05, 4.69) is 32.3 Å². The molecule has 3 heterocycles. The molecule has 1 aliphatic rings. The maximum atomic E-state index is 12.7. The summed E-state index contributed by atoms with van der Waals surface area (Å²) in [5.41, 5.74) is 2.03. The number of hydrogen-bond donors (Lipinski definition) is 1. The Morgan fingerprint density at radius 3 is 2.50 bits per heavy atom. The molecule has 3 aromatic rings. The molecule has 1 saturated heterocycles. The number of nitriles is 1. The molecular weight excluding hydrogens is 474 g/mol. The third kappa shape index (κ3) is 4.98. The summed E-state index contributed by atoms with van der Waals surface area (Å²) in [5, 5.41) is 12.0. The summed E-state index contributed by atoms with van der Waals surface area (Å²) >= 11 is 3.17. The van der Waals surface area contributed by atoms with Crippen LogP contribution in [0.15, 0.2) is 63.8 Å². The van der Waals surface area contributed by atoms with Gasteiger partial charge in [-0.2, -0.15) is 5.26 Å². The number of carbonyl (C=O) groups excluding carboxylic acids is 2. The molecule has 162 valence electrons. The fourth-order valence-corrected chi connectivity index (χ4v) is 3.83. The molecule has 1 aromatic carbocycles. The molecule has 1 aliphatic heterocycles. The Kier molecular flexibility index (Phi) is 6.52. The molecular formula is C23H20BrN5O3. The molecule has 0 atom stereocenters. The Balaban J connectivity index is 1.30. The maximum Gasteiger partial charge on any atom is 0.291 e. The zero-order valence-corrected chi connectivity index (χ0v) is 18.7. The van der Waals surface area contributed by atoms with Crippen molar-refractivity contribution in [2.45, 2.75) is 6.42 Å². The van der Waals surface area contributed by atoms with Gasteiger partial charge in [-0.3, -0.25) is 9.59 Å². The summed E-state index contributed by atoms with van der Waals surface area (Å²) in [6.07, 6.45) is 1.96. The minimum atomic E-state index is -0.343. The lowest BCUT2D eigenvalue weighted by Gasteiger charge is -2.35. The van der Waals surface area contributed by atoms with E-state index in [9.17, 15) is 14.9 Å². The van der Waals surface area contributed by atoms with Crippen LogP contribution in [0.3, 0.4) is 0 Å². The van der Waals surface area contributed by atoms with Crippen molar-refractivity contribution in [3.63, 3.8) is 0 Å². The summed E-state index contributed by atoms with van der Waals surface area (Å²) in [4.78, 5) is 33.1. The lowest BCUT2D eigenvalue weighted by Crippen LogP contribution is -2.49. The van der Waals surface area contributed by atoms with E-state index in [0.29, 0.717) is 47.9 Å². The third-order valence-electron chi connectivity index (χ3n) is 5.20. The van der Waals surface area contributed by atoms with Gasteiger partial charge in [0.25, 0.3) is 5.91 Å². The fourth-order valence-electron chi connectivity index (χ4n) is 3.53. The minimum absolute atomic E-state index is 0.0448. The first kappa shape index (κ1) is 21.6. The molecule has 2 amide bonds. The second kappa shape index (κ2) is 9.66. The van der Waals surface area contributed by atoms with Gasteiger partial charge in [0, 0.05) is 38.1 Å². The van der Waals surface area contributed by atoms with E-state index in [1.54, 1.807) is 42.6 Å². The number of benzene rings is 1. The van der Waals surface area contributed by atoms with Crippen LogP contribution in [0.1, 0.15) is 21.7 Å². The zero-order chi connectivity index (χ0) is 22.5. The monoisotopic (exact) mass is 493 g/mol. The molecule has 0 spiro atoms. The van der Waals surface area contributed by atoms with E-state index in [4.69, 9.17) is 4.42 Å². The second-order valence-electron chi connectivity index (χ2n) is 7.29. The van der Waals surface area contributed by atoms with Crippen molar-refractivity contribution in [3.05, 3.63) is 76.3 Å². The molecule has 32 heavy (non-hydrogen) atoms. The topological polar surface area (TPSA) is 102 Å². The van der Waals surface area contributed by atoms with Crippen LogP contribution in [-0.4, -0.2) is 47.9 Å². The number of amides is 2. The van der Waals surface area contributed by atoms with Gasteiger partial charge < -0.3 is 19.5 Å². The Labute approximate surface area is 193 Å². The summed E-state index contributed by atoms with van der Waals surface area (Å²) in [7, 11) is 0. The highest BCUT2D eigenvalue weighted by atomic mass is 79.9. The van der Waals surface area contributed by atoms with E-state index in [-0.39, 0.29) is 24.0 Å². The van der Waals surface area contributed by atoms with Crippen LogP contribution in [0, 0.1) is 11.3 Å². The van der Waals surface area contributed by atoms with Crippen LogP contribution < -0.4 is 10.2 Å². The quantitative estimate of drug-likeness (QED) is 0.583. The predicted molar refractivity (Wildman–Crippen MR) is 122 cm³/mol. The number of pyridine rings is 1. The van der Waals surface area contributed by atoms with Crippen LogP contribution in [0.25, 0.3) is 0 Å². The summed E-state index contributed by atoms with van der Waals surface area (Å²) in [6.45, 7) is 2.41. The number of carbonyl (C=O) groups is 2. The molecule has 4 rings (SSSR count). The average Bonchev–Trinajstić information content (AvgIpc) is 3.27. The largest absolute Gasteiger partial charge is 0.444 e. The molecule has 1 N–H and O–H groups in total. The first-order chi connectivity index (χ1) is 15.5. The molecule has 8 nitrogen and oxygen atoms in total. The lowest BCUT2D eigenvalue weighted by molar-refractivity contribution is -0.130. The SMILES string of the molecule is N#Cc1cccnc1N1CCN(C(=O)Cc2ccc(NC(=O)c3ccc(Br)o3)cc2)CC1. The van der Waals surface area contributed by atoms with Gasteiger partial charge in [-0.25, -0.2) is 4.98 Å². The summed E-state index contributed by atoms with van der Waals surface area (Å²) in [5.74, 6) is 0.581. The van der Waals surface area contributed by atoms with Gasteiger partial charge in [0.15, 0.2) is 10.4 Å². The van der Waals surface area contributed by atoms with Gasteiger partial charge in [-0.05, 0) is 57.9 Å². The normalized spacial score (nSPS) is 13.5. The zero-order valence-electron chi connectivity index (χ0n) is 17.1. The van der Waals surface area contributed by atoms with Gasteiger partial charge in [0.2, 0.25) is 5.91 Å². The van der Waals surface area contributed by atoms with Crippen molar-refractivity contribution in [1.82, 2.24) is 9.88 Å². The fraction of sp³-hybridized carbons (Fsp3) is 0.217. The molecule has 0 saturated carbocycles. The molecule has 0 radical (unpaired) electrons. The van der Waals surface area contributed by atoms with Crippen molar-refractivity contribution in [1.29, 1.82) is 5.26 Å². The van der Waals surface area contributed by atoms with Gasteiger partial charge in [0.1, 0.15) is 11.9 Å². The number of rotatable bonds is 5. The number of hydrogen-bond acceptors (Lipinski definition) is 6. The number of furan rings is 1. The number of aromatic nitrogens is 1. The van der Waals surface area contributed by atoms with E-state index in [1.807, 2.05) is 21.9 Å². The van der Waals surface area contributed by atoms with E-state index >= 15 is 0 Å². The molecule has 0 aliphatic carbocycles. The van der Waals surface area contributed by atoms with E-state index in [1.165, 1.54) is 0 Å². The number of halogens is 1. The smallest absolute Gasteiger partial charge is 0.291 e. The van der Waals surface area contributed by atoms with Crippen molar-refractivity contribution in [2.24, 2.45) is 0 Å². The van der Waals surface area contributed by atoms with Crippen LogP contribution in [0.5, 0.6) is 0 Å². The van der Waals surface area contributed by atoms with Gasteiger partial charge >= 0.3 is 0 Å². The first-order valence-electron chi connectivity index (χ1n) is 10.1. The first-order valence-corrected chi connectivity index (χ1v) is 10.9. The third-order valence-corrected chi connectivity index (χ3v) is 5.63. The van der Waals surface area contributed by atoms with E-state index < -0.39 is 0 Å². The van der Waals surface area contributed by atoms with Gasteiger partial charge in [-0.1, -0.05) is 12.1 Å². The number of nitrogens with one attached hydrogen (secondary N) is 1. The standard InChI is InChI=1S/C23H20BrN5O3/c24-20-8-7-19(32-20)23(31)27-18-5-3-16(4-6-18)14-21(30)28-10-12-29(13-11-28)22-17(15-25)2-1-9-26-22/h1-9H,10-14H2,(H,27,31). The summed E-state index contributed by atoms with van der Waals surface area (Å²) in [6, 6.07) is 16.1. The second-order valence-corrected chi connectivity index (χ2v) is 8.07. The van der Waals surface area contributed by atoms with Crippen LogP contribution in [-0.2, 0) is 11.2 Å². The van der Waals surface area contributed by atoms with Gasteiger partial charge in [0.05, 0.1) is 12.0 Å². The minimum Gasteiger partial charge on any atom is -0.444 e. The van der Waals surface area contributed by atoms with E-state index in [0.717, 1.165) is 5.56 Å². The molecule has 0 bridgehead atoms. The average molecular weight is 494 g/mol. The predicted octanol–water partition coefficient (Wildman–Crippen LogP) is 3.45. The molecule has 0 unspecified atom stereocenters. The number of anilines is 2. The molecule has 9 heteroatoms.